The van der Waals surface area contributed by atoms with Crippen LogP contribution in [0.1, 0.15) is 20.3 Å². The van der Waals surface area contributed by atoms with Crippen molar-refractivity contribution in [2.45, 2.75) is 32.4 Å². The van der Waals surface area contributed by atoms with Crippen LogP contribution in [-0.4, -0.2) is 57.2 Å². The number of amides is 1. The van der Waals surface area contributed by atoms with E-state index in [2.05, 4.69) is 24.1 Å². The SMILES string of the molecule is COCC(N)C(=O)NC(CC(C)C)CN(C)C.Cl. The van der Waals surface area contributed by atoms with Gasteiger partial charge in [-0.15, -0.1) is 12.4 Å². The largest absolute Gasteiger partial charge is 0.383 e. The lowest BCUT2D eigenvalue weighted by molar-refractivity contribution is -0.124. The Hall–Kier alpha value is -0.360. The number of nitrogens with one attached hydrogen (secondary N) is 1. The normalized spacial score (nSPS) is 14.2. The van der Waals surface area contributed by atoms with Gasteiger partial charge in [0.2, 0.25) is 5.91 Å². The highest BCUT2D eigenvalue weighted by atomic mass is 35.5. The Morgan fingerprint density at radius 2 is 1.94 bits per heavy atom. The first-order chi connectivity index (χ1) is 7.86. The summed E-state index contributed by atoms with van der Waals surface area (Å²) in [6, 6.07) is -0.447. The fourth-order valence-corrected chi connectivity index (χ4v) is 1.75. The number of carbonyl (C=O) groups excluding carboxylic acids is 1. The third kappa shape index (κ3) is 9.65. The molecule has 3 N–H and O–H groups in total. The number of hydrogen-bond donors (Lipinski definition) is 2. The third-order valence-electron chi connectivity index (χ3n) is 2.37. The molecule has 0 saturated carbocycles. The summed E-state index contributed by atoms with van der Waals surface area (Å²) in [5.74, 6) is 0.401. The predicted octanol–water partition coefficient (Wildman–Crippen LogP) is 0.474. The molecule has 0 fully saturated rings. The van der Waals surface area contributed by atoms with Crippen LogP contribution >= 0.6 is 12.4 Å². The molecule has 0 saturated heterocycles. The second-order valence-corrected chi connectivity index (χ2v) is 5.16. The highest BCUT2D eigenvalue weighted by molar-refractivity contribution is 5.85. The number of likely N-dealkylation sites (N-methyl/N-ethyl adjacent to an activating group) is 1. The summed E-state index contributed by atoms with van der Waals surface area (Å²) in [5, 5.41) is 2.98. The minimum Gasteiger partial charge on any atom is -0.383 e. The molecule has 0 rings (SSSR count). The van der Waals surface area contributed by atoms with Crippen molar-refractivity contribution in [2.24, 2.45) is 11.7 Å². The number of hydrogen-bond acceptors (Lipinski definition) is 4. The quantitative estimate of drug-likeness (QED) is 0.679. The van der Waals surface area contributed by atoms with Gasteiger partial charge in [0.05, 0.1) is 6.61 Å². The van der Waals surface area contributed by atoms with Gasteiger partial charge in [-0.05, 0) is 26.4 Å². The topological polar surface area (TPSA) is 67.6 Å². The molecule has 18 heavy (non-hydrogen) atoms. The van der Waals surface area contributed by atoms with Gasteiger partial charge in [-0.25, -0.2) is 0 Å². The second-order valence-electron chi connectivity index (χ2n) is 5.16. The minimum absolute atomic E-state index is 0. The lowest BCUT2D eigenvalue weighted by Crippen LogP contribution is -2.50. The summed E-state index contributed by atoms with van der Waals surface area (Å²) in [4.78, 5) is 13.8. The lowest BCUT2D eigenvalue weighted by Gasteiger charge is -2.25. The molecule has 1 amide bonds. The Kier molecular flexibility index (Phi) is 11.7. The lowest BCUT2D eigenvalue weighted by atomic mass is 10.0. The van der Waals surface area contributed by atoms with E-state index in [9.17, 15) is 4.79 Å². The number of methoxy groups -OCH3 is 1. The van der Waals surface area contributed by atoms with Gasteiger partial charge >= 0.3 is 0 Å². The minimum atomic E-state index is -0.586. The first kappa shape index (κ1) is 20.0. The van der Waals surface area contributed by atoms with Crippen molar-refractivity contribution >= 4 is 18.3 Å². The Morgan fingerprint density at radius 1 is 1.39 bits per heavy atom. The number of ether oxygens (including phenoxy) is 1. The second kappa shape index (κ2) is 10.6. The van der Waals surface area contributed by atoms with Crippen LogP contribution in [0.25, 0.3) is 0 Å². The maximum Gasteiger partial charge on any atom is 0.239 e. The molecule has 0 heterocycles. The number of carbonyl (C=O) groups is 1. The molecule has 0 aromatic rings. The van der Waals surface area contributed by atoms with Gasteiger partial charge < -0.3 is 20.7 Å². The number of halogens is 1. The van der Waals surface area contributed by atoms with Gasteiger partial charge in [0.25, 0.3) is 0 Å². The first-order valence-corrected chi connectivity index (χ1v) is 6.06. The van der Waals surface area contributed by atoms with Crippen molar-refractivity contribution in [3.8, 4) is 0 Å². The van der Waals surface area contributed by atoms with E-state index in [0.717, 1.165) is 13.0 Å². The summed E-state index contributed by atoms with van der Waals surface area (Å²) in [7, 11) is 5.53. The van der Waals surface area contributed by atoms with E-state index in [0.29, 0.717) is 5.92 Å². The summed E-state index contributed by atoms with van der Waals surface area (Å²) < 4.78 is 4.87. The average Bonchev–Trinajstić information content (AvgIpc) is 2.15. The van der Waals surface area contributed by atoms with Crippen molar-refractivity contribution in [1.82, 2.24) is 10.2 Å². The van der Waals surface area contributed by atoms with E-state index in [1.165, 1.54) is 0 Å². The van der Waals surface area contributed by atoms with E-state index in [4.69, 9.17) is 10.5 Å². The van der Waals surface area contributed by atoms with Crippen LogP contribution in [0, 0.1) is 5.92 Å². The number of rotatable bonds is 8. The maximum atomic E-state index is 11.8. The van der Waals surface area contributed by atoms with E-state index < -0.39 is 6.04 Å². The highest BCUT2D eigenvalue weighted by Crippen LogP contribution is 2.05. The summed E-state index contributed by atoms with van der Waals surface area (Å²) in [6.07, 6.45) is 0.948. The van der Waals surface area contributed by atoms with Crippen molar-refractivity contribution in [2.75, 3.05) is 34.4 Å². The first-order valence-electron chi connectivity index (χ1n) is 6.06. The van der Waals surface area contributed by atoms with Crippen molar-refractivity contribution in [3.63, 3.8) is 0 Å². The summed E-state index contributed by atoms with van der Waals surface area (Å²) >= 11 is 0. The van der Waals surface area contributed by atoms with Gasteiger partial charge in [0.15, 0.2) is 0 Å². The molecular weight excluding hydrogens is 254 g/mol. The molecule has 0 aliphatic carbocycles. The van der Waals surface area contributed by atoms with Gasteiger partial charge in [-0.3, -0.25) is 4.79 Å². The van der Waals surface area contributed by atoms with Crippen LogP contribution in [0.15, 0.2) is 0 Å². The molecule has 2 atom stereocenters. The van der Waals surface area contributed by atoms with E-state index >= 15 is 0 Å². The standard InChI is InChI=1S/C12H27N3O2.ClH/c1-9(2)6-10(7-15(3)4)14-12(16)11(13)8-17-5;/h9-11H,6-8,13H2,1-5H3,(H,14,16);1H. The highest BCUT2D eigenvalue weighted by Gasteiger charge is 2.19. The fraction of sp³-hybridized carbons (Fsp3) is 0.917. The molecule has 0 spiro atoms. The molecule has 5 nitrogen and oxygen atoms in total. The van der Waals surface area contributed by atoms with Gasteiger partial charge in [-0.2, -0.15) is 0 Å². The molecule has 0 aromatic heterocycles. The predicted molar refractivity (Wildman–Crippen MR) is 77.0 cm³/mol. The fourth-order valence-electron chi connectivity index (χ4n) is 1.75. The Labute approximate surface area is 117 Å². The molecular formula is C12H28ClN3O2. The summed E-state index contributed by atoms with van der Waals surface area (Å²) in [5.41, 5.74) is 5.69. The Bertz CT molecular complexity index is 215. The molecule has 0 aliphatic rings. The Morgan fingerprint density at radius 3 is 2.33 bits per heavy atom. The van der Waals surface area contributed by atoms with E-state index in [-0.39, 0.29) is 31.0 Å². The molecule has 0 aromatic carbocycles. The molecule has 0 aliphatic heterocycles. The Balaban J connectivity index is 0. The molecule has 2 unspecified atom stereocenters. The number of nitrogens with two attached hydrogens (primary N) is 1. The summed E-state index contributed by atoms with van der Waals surface area (Å²) in [6.45, 7) is 5.36. The van der Waals surface area contributed by atoms with E-state index in [1.807, 2.05) is 14.1 Å². The van der Waals surface area contributed by atoms with Crippen molar-refractivity contribution in [3.05, 3.63) is 0 Å². The zero-order chi connectivity index (χ0) is 13.4. The molecule has 0 bridgehead atoms. The van der Waals surface area contributed by atoms with Crippen LogP contribution in [0.2, 0.25) is 0 Å². The van der Waals surface area contributed by atoms with Crippen LogP contribution in [0.3, 0.4) is 0 Å². The van der Waals surface area contributed by atoms with Gasteiger partial charge in [-0.1, -0.05) is 13.8 Å². The molecule has 110 valence electrons. The van der Waals surface area contributed by atoms with Crippen molar-refractivity contribution < 1.29 is 9.53 Å². The van der Waals surface area contributed by atoms with Gasteiger partial charge in [0, 0.05) is 19.7 Å². The van der Waals surface area contributed by atoms with Gasteiger partial charge in [0.1, 0.15) is 6.04 Å². The van der Waals surface area contributed by atoms with Crippen molar-refractivity contribution in [1.29, 1.82) is 0 Å². The zero-order valence-corrected chi connectivity index (χ0v) is 12.9. The maximum absolute atomic E-state index is 11.8. The van der Waals surface area contributed by atoms with Crippen LogP contribution < -0.4 is 11.1 Å². The van der Waals surface area contributed by atoms with Crippen LogP contribution in [-0.2, 0) is 9.53 Å². The monoisotopic (exact) mass is 281 g/mol. The molecule has 0 radical (unpaired) electrons. The third-order valence-corrected chi connectivity index (χ3v) is 2.37. The van der Waals surface area contributed by atoms with Crippen LogP contribution in [0.4, 0.5) is 0 Å². The average molecular weight is 282 g/mol. The smallest absolute Gasteiger partial charge is 0.239 e. The number of nitrogens with zero attached hydrogens (tertiary/aromatic N) is 1. The van der Waals surface area contributed by atoms with Crippen LogP contribution in [0.5, 0.6) is 0 Å². The zero-order valence-electron chi connectivity index (χ0n) is 12.1. The van der Waals surface area contributed by atoms with E-state index in [1.54, 1.807) is 7.11 Å². The molecule has 6 heteroatoms.